The van der Waals surface area contributed by atoms with E-state index in [4.69, 9.17) is 14.2 Å². The molecular formula is C75H122O6. The fourth-order valence-corrected chi connectivity index (χ4v) is 8.85. The molecule has 0 aliphatic carbocycles. The first-order valence-electron chi connectivity index (χ1n) is 33.3. The minimum Gasteiger partial charge on any atom is -0.462 e. The lowest BCUT2D eigenvalue weighted by Gasteiger charge is -2.18. The molecule has 0 rings (SSSR count). The molecule has 0 aliphatic rings. The molecule has 0 amide bonds. The third-order valence-electron chi connectivity index (χ3n) is 13.8. The van der Waals surface area contributed by atoms with E-state index in [2.05, 4.69) is 167 Å². The van der Waals surface area contributed by atoms with E-state index < -0.39 is 6.10 Å². The predicted octanol–water partition coefficient (Wildman–Crippen LogP) is 23.1. The minimum atomic E-state index is -0.803. The topological polar surface area (TPSA) is 78.9 Å². The van der Waals surface area contributed by atoms with E-state index in [1.165, 1.54) is 122 Å². The van der Waals surface area contributed by atoms with Gasteiger partial charge in [-0.25, -0.2) is 0 Å². The van der Waals surface area contributed by atoms with Gasteiger partial charge in [0.25, 0.3) is 0 Å². The number of hydrogen-bond acceptors (Lipinski definition) is 6. The number of allylic oxidation sites excluding steroid dienone is 24. The van der Waals surface area contributed by atoms with Crippen molar-refractivity contribution in [2.24, 2.45) is 0 Å². The van der Waals surface area contributed by atoms with Crippen LogP contribution in [0.15, 0.2) is 146 Å². The molecule has 0 aromatic carbocycles. The largest absolute Gasteiger partial charge is 0.462 e. The molecule has 0 saturated heterocycles. The van der Waals surface area contributed by atoms with Crippen LogP contribution in [0.1, 0.15) is 290 Å². The third-order valence-corrected chi connectivity index (χ3v) is 13.8. The summed E-state index contributed by atoms with van der Waals surface area (Å²) in [5.74, 6) is -0.944. The lowest BCUT2D eigenvalue weighted by molar-refractivity contribution is -0.167. The zero-order valence-electron chi connectivity index (χ0n) is 52.5. The van der Waals surface area contributed by atoms with E-state index in [0.29, 0.717) is 25.7 Å². The second-order valence-electron chi connectivity index (χ2n) is 21.6. The first-order valence-corrected chi connectivity index (χ1v) is 33.3. The van der Waals surface area contributed by atoms with E-state index in [0.717, 1.165) is 122 Å². The van der Waals surface area contributed by atoms with Crippen molar-refractivity contribution in [3.63, 3.8) is 0 Å². The lowest BCUT2D eigenvalue weighted by Crippen LogP contribution is -2.30. The van der Waals surface area contributed by atoms with Gasteiger partial charge in [0.2, 0.25) is 0 Å². The van der Waals surface area contributed by atoms with Crippen LogP contribution in [0.5, 0.6) is 0 Å². The molecule has 0 fully saturated rings. The van der Waals surface area contributed by atoms with Gasteiger partial charge in [-0.2, -0.15) is 0 Å². The highest BCUT2D eigenvalue weighted by Gasteiger charge is 2.19. The Morgan fingerprint density at radius 1 is 0.259 bits per heavy atom. The van der Waals surface area contributed by atoms with Crippen LogP contribution in [-0.2, 0) is 28.6 Å². The number of rotatable bonds is 59. The molecule has 0 aromatic heterocycles. The van der Waals surface area contributed by atoms with Crippen LogP contribution in [0.25, 0.3) is 0 Å². The van der Waals surface area contributed by atoms with E-state index in [1.807, 2.05) is 0 Å². The fourth-order valence-electron chi connectivity index (χ4n) is 8.85. The van der Waals surface area contributed by atoms with Gasteiger partial charge in [-0.05, 0) is 128 Å². The molecular weight excluding hydrogens is 997 g/mol. The summed E-state index contributed by atoms with van der Waals surface area (Å²) in [7, 11) is 0. The third kappa shape index (κ3) is 66.0. The van der Waals surface area contributed by atoms with Gasteiger partial charge in [-0.1, -0.05) is 289 Å². The number of unbranched alkanes of at least 4 members (excludes halogenated alkanes) is 24. The molecule has 0 bridgehead atoms. The van der Waals surface area contributed by atoms with Crippen molar-refractivity contribution in [1.82, 2.24) is 0 Å². The zero-order chi connectivity index (χ0) is 58.5. The maximum atomic E-state index is 12.9. The summed E-state index contributed by atoms with van der Waals surface area (Å²) in [6.45, 7) is 6.46. The lowest BCUT2D eigenvalue weighted by atomic mass is 10.1. The van der Waals surface area contributed by atoms with Crippen LogP contribution in [0, 0.1) is 0 Å². The summed E-state index contributed by atoms with van der Waals surface area (Å²) in [6, 6.07) is 0. The quantitative estimate of drug-likeness (QED) is 0.0261. The maximum absolute atomic E-state index is 12.9. The number of ether oxygens (including phenoxy) is 3. The summed E-state index contributed by atoms with van der Waals surface area (Å²) in [4.78, 5) is 38.3. The van der Waals surface area contributed by atoms with Crippen LogP contribution in [0.4, 0.5) is 0 Å². The average molecular weight is 1120 g/mol. The van der Waals surface area contributed by atoms with Crippen LogP contribution < -0.4 is 0 Å². The Hall–Kier alpha value is -4.71. The number of carbonyl (C=O) groups excluding carboxylic acids is 3. The van der Waals surface area contributed by atoms with Crippen molar-refractivity contribution < 1.29 is 28.6 Å². The van der Waals surface area contributed by atoms with Gasteiger partial charge in [0, 0.05) is 19.3 Å². The molecule has 0 radical (unpaired) electrons. The summed E-state index contributed by atoms with van der Waals surface area (Å²) in [5, 5.41) is 0. The van der Waals surface area contributed by atoms with Crippen molar-refractivity contribution in [2.75, 3.05) is 13.2 Å². The van der Waals surface area contributed by atoms with Gasteiger partial charge in [0.1, 0.15) is 13.2 Å². The van der Waals surface area contributed by atoms with E-state index in [1.54, 1.807) is 0 Å². The molecule has 1 atom stereocenters. The summed E-state index contributed by atoms with van der Waals surface area (Å²) in [5.41, 5.74) is 0. The molecule has 0 heterocycles. The normalized spacial score (nSPS) is 13.1. The molecule has 0 spiro atoms. The summed E-state index contributed by atoms with van der Waals surface area (Å²) < 4.78 is 16.9. The fraction of sp³-hybridized carbons (Fsp3) is 0.640. The van der Waals surface area contributed by atoms with E-state index >= 15 is 0 Å². The van der Waals surface area contributed by atoms with Gasteiger partial charge in [-0.3, -0.25) is 14.4 Å². The standard InChI is InChI=1S/C75H122O6/c1-4-7-10-13-16-19-22-24-26-28-30-31-32-33-34-35-36-37-38-39-40-41-42-43-45-46-48-50-53-56-59-62-65-68-74(77)80-71-72(70-79-73(76)67-64-61-58-55-52-21-18-15-12-9-6-3)81-75(78)69-66-63-60-57-54-51-49-47-44-29-27-25-23-20-17-14-11-8-5-2/h7,10,16-17,19-20,24-27,30-31,33-34,36-37,39-40,42-43,46,48,53,56,72H,4-6,8-9,11-15,18,21-23,28-29,32,35,38,41,44-45,47,49-52,54-55,57-71H2,1-3H3/b10-7-,19-16-,20-17-,26-24-,27-25-,31-30-,34-33-,37-36-,40-39-,43-42-,48-46-,56-53-. The molecule has 0 aromatic rings. The highest BCUT2D eigenvalue weighted by atomic mass is 16.6. The maximum Gasteiger partial charge on any atom is 0.306 e. The predicted molar refractivity (Wildman–Crippen MR) is 352 cm³/mol. The van der Waals surface area contributed by atoms with E-state index in [9.17, 15) is 14.4 Å². The Morgan fingerprint density at radius 3 is 0.802 bits per heavy atom. The van der Waals surface area contributed by atoms with Gasteiger partial charge in [0.15, 0.2) is 6.10 Å². The van der Waals surface area contributed by atoms with E-state index in [-0.39, 0.29) is 31.1 Å². The van der Waals surface area contributed by atoms with Gasteiger partial charge < -0.3 is 14.2 Å². The highest BCUT2D eigenvalue weighted by Crippen LogP contribution is 2.15. The average Bonchev–Trinajstić information content (AvgIpc) is 3.47. The summed E-state index contributed by atoms with van der Waals surface area (Å²) in [6.07, 6.45) is 97.2. The van der Waals surface area contributed by atoms with Crippen LogP contribution in [0.3, 0.4) is 0 Å². The number of hydrogen-bond donors (Lipinski definition) is 0. The van der Waals surface area contributed by atoms with Crippen LogP contribution in [0.2, 0.25) is 0 Å². The second-order valence-corrected chi connectivity index (χ2v) is 21.6. The number of carbonyl (C=O) groups is 3. The molecule has 1 unspecified atom stereocenters. The van der Waals surface area contributed by atoms with Gasteiger partial charge >= 0.3 is 17.9 Å². The van der Waals surface area contributed by atoms with Gasteiger partial charge in [0.05, 0.1) is 0 Å². The van der Waals surface area contributed by atoms with Crippen LogP contribution in [-0.4, -0.2) is 37.2 Å². The molecule has 0 N–H and O–H groups in total. The smallest absolute Gasteiger partial charge is 0.306 e. The molecule has 81 heavy (non-hydrogen) atoms. The monoisotopic (exact) mass is 1120 g/mol. The van der Waals surface area contributed by atoms with Crippen molar-refractivity contribution in [3.8, 4) is 0 Å². The van der Waals surface area contributed by atoms with Crippen molar-refractivity contribution >= 4 is 17.9 Å². The Bertz CT molecular complexity index is 1760. The van der Waals surface area contributed by atoms with Crippen molar-refractivity contribution in [1.29, 1.82) is 0 Å². The molecule has 6 nitrogen and oxygen atoms in total. The molecule has 458 valence electrons. The Kier molecular flexibility index (Phi) is 63.9. The molecule has 0 saturated carbocycles. The highest BCUT2D eigenvalue weighted by molar-refractivity contribution is 5.71. The number of esters is 3. The minimum absolute atomic E-state index is 0.0953. The molecule has 6 heteroatoms. The first-order chi connectivity index (χ1) is 40.0. The van der Waals surface area contributed by atoms with Crippen LogP contribution >= 0.6 is 0 Å². The first kappa shape index (κ1) is 76.3. The SMILES string of the molecule is CC/C=C\C/C=C\C/C=C\C/C=C\C/C=C\C/C=C\C/C=C\C/C=C\C/C=C\C/C=C\CCCCC(=O)OCC(COC(=O)CCCCCCCCCCCCC)OC(=O)CCCCCCCCCCC/C=C\C/C=C\CCCCC. The zero-order valence-corrected chi connectivity index (χ0v) is 52.5. The van der Waals surface area contributed by atoms with Crippen molar-refractivity contribution in [3.05, 3.63) is 146 Å². The van der Waals surface area contributed by atoms with Crippen molar-refractivity contribution in [2.45, 2.75) is 297 Å². The Labute approximate surface area is 499 Å². The Balaban J connectivity index is 4.36. The molecule has 0 aliphatic heterocycles. The second kappa shape index (κ2) is 67.8. The summed E-state index contributed by atoms with van der Waals surface area (Å²) >= 11 is 0. The Morgan fingerprint density at radius 2 is 0.481 bits per heavy atom. The van der Waals surface area contributed by atoms with Gasteiger partial charge in [-0.15, -0.1) is 0 Å².